The molecule has 3 rings (SSSR count). The van der Waals surface area contributed by atoms with Gasteiger partial charge in [-0.3, -0.25) is 9.58 Å². The summed E-state index contributed by atoms with van der Waals surface area (Å²) in [5.41, 5.74) is 1.93. The fourth-order valence-corrected chi connectivity index (χ4v) is 3.52. The maximum atomic E-state index is 13.2. The molecular formula is C18H22FN3O2. The first-order chi connectivity index (χ1) is 11.6. The Balaban J connectivity index is 1.86. The first kappa shape index (κ1) is 16.6. The van der Waals surface area contributed by atoms with Crippen molar-refractivity contribution in [1.29, 1.82) is 0 Å². The van der Waals surface area contributed by atoms with Crippen molar-refractivity contribution >= 4 is 5.97 Å². The number of aromatic nitrogens is 2. The summed E-state index contributed by atoms with van der Waals surface area (Å²) in [6.07, 6.45) is 3.85. The number of carbonyl (C=O) groups excluding carboxylic acids is 1. The van der Waals surface area contributed by atoms with E-state index in [-0.39, 0.29) is 11.8 Å². The second-order valence-corrected chi connectivity index (χ2v) is 6.19. The molecule has 0 aliphatic carbocycles. The van der Waals surface area contributed by atoms with E-state index in [4.69, 9.17) is 4.74 Å². The zero-order valence-corrected chi connectivity index (χ0v) is 14.0. The SMILES string of the molecule is COC(=O)[C@H](c1ccc(F)cc1)N1CCC[C@H](c2ccnn2C)C1. The Morgan fingerprint density at radius 1 is 1.33 bits per heavy atom. The lowest BCUT2D eigenvalue weighted by molar-refractivity contribution is -0.147. The summed E-state index contributed by atoms with van der Waals surface area (Å²) in [7, 11) is 3.33. The molecule has 2 atom stereocenters. The first-order valence-corrected chi connectivity index (χ1v) is 8.15. The number of piperidine rings is 1. The number of esters is 1. The van der Waals surface area contributed by atoms with Gasteiger partial charge in [-0.2, -0.15) is 5.10 Å². The van der Waals surface area contributed by atoms with Gasteiger partial charge in [0.25, 0.3) is 0 Å². The van der Waals surface area contributed by atoms with Gasteiger partial charge >= 0.3 is 5.97 Å². The van der Waals surface area contributed by atoms with Crippen molar-refractivity contribution in [2.75, 3.05) is 20.2 Å². The maximum Gasteiger partial charge on any atom is 0.327 e. The zero-order valence-electron chi connectivity index (χ0n) is 14.0. The quantitative estimate of drug-likeness (QED) is 0.808. The van der Waals surface area contributed by atoms with Gasteiger partial charge in [0.05, 0.1) is 7.11 Å². The Bertz CT molecular complexity index is 699. The number of carbonyl (C=O) groups is 1. The van der Waals surface area contributed by atoms with Crippen molar-refractivity contribution in [3.8, 4) is 0 Å². The van der Waals surface area contributed by atoms with Crippen LogP contribution in [0.2, 0.25) is 0 Å². The molecule has 0 bridgehead atoms. The maximum absolute atomic E-state index is 13.2. The van der Waals surface area contributed by atoms with Gasteiger partial charge in [0, 0.05) is 31.4 Å². The van der Waals surface area contributed by atoms with E-state index < -0.39 is 6.04 Å². The predicted molar refractivity (Wildman–Crippen MR) is 87.9 cm³/mol. The number of benzene rings is 1. The van der Waals surface area contributed by atoms with Gasteiger partial charge in [-0.1, -0.05) is 12.1 Å². The predicted octanol–water partition coefficient (Wildman–Crippen LogP) is 2.65. The third kappa shape index (κ3) is 3.33. The summed E-state index contributed by atoms with van der Waals surface area (Å²) in [5, 5.41) is 4.25. The van der Waals surface area contributed by atoms with Crippen LogP contribution in [0.3, 0.4) is 0 Å². The third-order valence-electron chi connectivity index (χ3n) is 4.71. The van der Waals surface area contributed by atoms with E-state index in [0.717, 1.165) is 31.5 Å². The van der Waals surface area contributed by atoms with Gasteiger partial charge in [0.2, 0.25) is 0 Å². The van der Waals surface area contributed by atoms with Gasteiger partial charge in [-0.15, -0.1) is 0 Å². The van der Waals surface area contributed by atoms with Crippen LogP contribution in [-0.4, -0.2) is 40.8 Å². The molecule has 1 aromatic heterocycles. The van der Waals surface area contributed by atoms with Gasteiger partial charge in [-0.05, 0) is 43.1 Å². The Hall–Kier alpha value is -2.21. The van der Waals surface area contributed by atoms with Crippen molar-refractivity contribution < 1.29 is 13.9 Å². The molecule has 24 heavy (non-hydrogen) atoms. The summed E-state index contributed by atoms with van der Waals surface area (Å²) in [4.78, 5) is 14.5. The van der Waals surface area contributed by atoms with E-state index in [9.17, 15) is 9.18 Å². The number of nitrogens with zero attached hydrogens (tertiary/aromatic N) is 3. The van der Waals surface area contributed by atoms with Crippen LogP contribution >= 0.6 is 0 Å². The van der Waals surface area contributed by atoms with Crippen LogP contribution in [0.5, 0.6) is 0 Å². The second kappa shape index (κ2) is 7.13. The van der Waals surface area contributed by atoms with E-state index >= 15 is 0 Å². The molecule has 0 spiro atoms. The molecule has 0 unspecified atom stereocenters. The average Bonchev–Trinajstić information content (AvgIpc) is 3.03. The fraction of sp³-hybridized carbons (Fsp3) is 0.444. The molecule has 0 radical (unpaired) electrons. The lowest BCUT2D eigenvalue weighted by Crippen LogP contribution is -2.41. The molecule has 2 heterocycles. The van der Waals surface area contributed by atoms with Crippen molar-refractivity contribution in [1.82, 2.24) is 14.7 Å². The summed E-state index contributed by atoms with van der Waals surface area (Å²) in [6, 6.07) is 7.60. The van der Waals surface area contributed by atoms with Crippen molar-refractivity contribution in [3.63, 3.8) is 0 Å². The zero-order chi connectivity index (χ0) is 17.1. The molecule has 1 saturated heterocycles. The summed E-state index contributed by atoms with van der Waals surface area (Å²) in [5.74, 6) is -0.306. The average molecular weight is 331 g/mol. The molecule has 128 valence electrons. The second-order valence-electron chi connectivity index (χ2n) is 6.19. The number of halogens is 1. The highest BCUT2D eigenvalue weighted by Gasteiger charge is 2.33. The summed E-state index contributed by atoms with van der Waals surface area (Å²) < 4.78 is 20.1. The molecule has 0 N–H and O–H groups in total. The smallest absolute Gasteiger partial charge is 0.327 e. The minimum Gasteiger partial charge on any atom is -0.468 e. The number of ether oxygens (including phenoxy) is 1. The largest absolute Gasteiger partial charge is 0.468 e. The van der Waals surface area contributed by atoms with Crippen LogP contribution in [0.15, 0.2) is 36.5 Å². The molecule has 1 aliphatic rings. The van der Waals surface area contributed by atoms with Crippen LogP contribution in [0.4, 0.5) is 4.39 Å². The molecule has 1 aromatic carbocycles. The molecule has 1 fully saturated rings. The molecule has 0 saturated carbocycles. The van der Waals surface area contributed by atoms with Crippen LogP contribution in [0, 0.1) is 5.82 Å². The van der Waals surface area contributed by atoms with Crippen LogP contribution in [0.25, 0.3) is 0 Å². The van der Waals surface area contributed by atoms with Gasteiger partial charge in [-0.25, -0.2) is 9.18 Å². The Labute approximate surface area is 141 Å². The number of hydrogen-bond donors (Lipinski definition) is 0. The third-order valence-corrected chi connectivity index (χ3v) is 4.71. The van der Waals surface area contributed by atoms with Crippen LogP contribution in [0.1, 0.15) is 36.1 Å². The number of methoxy groups -OCH3 is 1. The molecular weight excluding hydrogens is 309 g/mol. The minimum atomic E-state index is -0.508. The topological polar surface area (TPSA) is 47.4 Å². The fourth-order valence-electron chi connectivity index (χ4n) is 3.52. The highest BCUT2D eigenvalue weighted by molar-refractivity contribution is 5.77. The standard InChI is InChI=1S/C18H22FN3O2/c1-21-16(9-10-20-21)14-4-3-11-22(12-14)17(18(23)24-2)13-5-7-15(19)8-6-13/h5-10,14,17H,3-4,11-12H2,1-2H3/t14-,17-/m0/s1. The summed E-state index contributed by atoms with van der Waals surface area (Å²) >= 11 is 0. The van der Waals surface area contributed by atoms with E-state index in [1.165, 1.54) is 24.9 Å². The number of likely N-dealkylation sites (tertiary alicyclic amines) is 1. The molecule has 5 nitrogen and oxygen atoms in total. The lowest BCUT2D eigenvalue weighted by Gasteiger charge is -2.37. The van der Waals surface area contributed by atoms with E-state index in [1.807, 2.05) is 17.8 Å². The normalized spacial score (nSPS) is 19.9. The van der Waals surface area contributed by atoms with Gasteiger partial charge < -0.3 is 4.74 Å². The Morgan fingerprint density at radius 3 is 2.71 bits per heavy atom. The molecule has 2 aromatic rings. The lowest BCUT2D eigenvalue weighted by atomic mass is 9.92. The first-order valence-electron chi connectivity index (χ1n) is 8.15. The molecule has 6 heteroatoms. The highest BCUT2D eigenvalue weighted by Crippen LogP contribution is 2.32. The monoisotopic (exact) mass is 331 g/mol. The highest BCUT2D eigenvalue weighted by atomic mass is 19.1. The van der Waals surface area contributed by atoms with Crippen molar-refractivity contribution in [3.05, 3.63) is 53.6 Å². The Kier molecular flexibility index (Phi) is 4.94. The number of aryl methyl sites for hydroxylation is 1. The number of hydrogen-bond acceptors (Lipinski definition) is 4. The Morgan fingerprint density at radius 2 is 2.08 bits per heavy atom. The van der Waals surface area contributed by atoms with E-state index in [2.05, 4.69) is 10.00 Å². The van der Waals surface area contributed by atoms with Crippen LogP contribution in [-0.2, 0) is 16.6 Å². The number of rotatable bonds is 4. The van der Waals surface area contributed by atoms with Crippen LogP contribution < -0.4 is 0 Å². The van der Waals surface area contributed by atoms with Crippen molar-refractivity contribution in [2.45, 2.75) is 24.8 Å². The van der Waals surface area contributed by atoms with E-state index in [0.29, 0.717) is 5.92 Å². The van der Waals surface area contributed by atoms with E-state index in [1.54, 1.807) is 18.3 Å². The molecule has 1 aliphatic heterocycles. The van der Waals surface area contributed by atoms with Gasteiger partial charge in [0.1, 0.15) is 11.9 Å². The summed E-state index contributed by atoms with van der Waals surface area (Å²) in [6.45, 7) is 1.56. The van der Waals surface area contributed by atoms with Crippen molar-refractivity contribution in [2.24, 2.45) is 7.05 Å². The van der Waals surface area contributed by atoms with Gasteiger partial charge in [0.15, 0.2) is 0 Å². The molecule has 0 amide bonds. The minimum absolute atomic E-state index is 0.311.